The van der Waals surface area contributed by atoms with Gasteiger partial charge >= 0.3 is 0 Å². The predicted molar refractivity (Wildman–Crippen MR) is 74.1 cm³/mol. The van der Waals surface area contributed by atoms with Gasteiger partial charge in [-0.1, -0.05) is 13.0 Å². The lowest BCUT2D eigenvalue weighted by Crippen LogP contribution is -2.23. The number of hydrogen-bond donors (Lipinski definition) is 1. The Morgan fingerprint density at radius 1 is 1.29 bits per heavy atom. The van der Waals surface area contributed by atoms with Gasteiger partial charge < -0.3 is 10.5 Å². The van der Waals surface area contributed by atoms with E-state index >= 15 is 0 Å². The molecule has 0 spiro atoms. The first-order valence-electron chi connectivity index (χ1n) is 6.34. The number of halogens is 1. The van der Waals surface area contributed by atoms with E-state index in [1.54, 1.807) is 0 Å². The third kappa shape index (κ3) is 3.46. The van der Waals surface area contributed by atoms with Crippen molar-refractivity contribution in [3.8, 4) is 5.75 Å². The second-order valence-corrected chi connectivity index (χ2v) is 5.82. The van der Waals surface area contributed by atoms with E-state index in [1.165, 1.54) is 25.7 Å². The third-order valence-corrected chi connectivity index (χ3v) is 4.11. The zero-order chi connectivity index (χ0) is 12.3. The zero-order valence-corrected chi connectivity index (χ0v) is 11.9. The van der Waals surface area contributed by atoms with Gasteiger partial charge in [-0.25, -0.2) is 0 Å². The molecule has 17 heavy (non-hydrogen) atoms. The molecular weight excluding hydrogens is 278 g/mol. The smallest absolute Gasteiger partial charge is 0.133 e. The van der Waals surface area contributed by atoms with E-state index in [0.717, 1.165) is 21.7 Å². The summed E-state index contributed by atoms with van der Waals surface area (Å²) in [6, 6.07) is 6.09. The molecule has 0 radical (unpaired) electrons. The quantitative estimate of drug-likeness (QED) is 0.919. The summed E-state index contributed by atoms with van der Waals surface area (Å²) in [4.78, 5) is 0. The monoisotopic (exact) mass is 297 g/mol. The van der Waals surface area contributed by atoms with Gasteiger partial charge in [0.1, 0.15) is 5.75 Å². The molecule has 2 N–H and O–H groups in total. The van der Waals surface area contributed by atoms with E-state index in [1.807, 2.05) is 18.2 Å². The van der Waals surface area contributed by atoms with E-state index in [-0.39, 0.29) is 0 Å². The number of ether oxygens (including phenoxy) is 1. The Morgan fingerprint density at radius 3 is 2.59 bits per heavy atom. The molecule has 1 aliphatic carbocycles. The van der Waals surface area contributed by atoms with Crippen LogP contribution in [0.3, 0.4) is 0 Å². The van der Waals surface area contributed by atoms with Crippen LogP contribution in [-0.2, 0) is 6.54 Å². The maximum absolute atomic E-state index is 6.05. The molecule has 0 aliphatic heterocycles. The Balaban J connectivity index is 1.99. The molecule has 1 aliphatic rings. The molecule has 0 atom stereocenters. The lowest BCUT2D eigenvalue weighted by molar-refractivity contribution is 0.134. The van der Waals surface area contributed by atoms with E-state index in [4.69, 9.17) is 10.5 Å². The molecule has 0 heterocycles. The minimum Gasteiger partial charge on any atom is -0.489 e. The van der Waals surface area contributed by atoms with Gasteiger partial charge in [0.05, 0.1) is 10.6 Å². The summed E-state index contributed by atoms with van der Waals surface area (Å²) in [5.41, 5.74) is 6.73. The van der Waals surface area contributed by atoms with Crippen molar-refractivity contribution < 1.29 is 4.74 Å². The molecule has 2 nitrogen and oxygen atoms in total. The first-order valence-corrected chi connectivity index (χ1v) is 7.13. The van der Waals surface area contributed by atoms with Crippen LogP contribution in [0.1, 0.15) is 38.2 Å². The van der Waals surface area contributed by atoms with Gasteiger partial charge in [-0.05, 0) is 65.2 Å². The van der Waals surface area contributed by atoms with Gasteiger partial charge in [0, 0.05) is 6.54 Å². The Bertz CT molecular complexity index is 372. The number of rotatable bonds is 3. The van der Waals surface area contributed by atoms with Gasteiger partial charge in [-0.15, -0.1) is 0 Å². The topological polar surface area (TPSA) is 35.2 Å². The molecule has 1 aromatic rings. The average Bonchev–Trinajstić information content (AvgIpc) is 2.34. The van der Waals surface area contributed by atoms with Crippen LogP contribution >= 0.6 is 15.9 Å². The highest BCUT2D eigenvalue weighted by Gasteiger charge is 2.20. The molecule has 2 rings (SSSR count). The van der Waals surface area contributed by atoms with Crippen molar-refractivity contribution in [2.45, 2.75) is 45.3 Å². The van der Waals surface area contributed by atoms with Crippen LogP contribution in [-0.4, -0.2) is 6.10 Å². The van der Waals surface area contributed by atoms with Crippen LogP contribution in [0, 0.1) is 5.92 Å². The van der Waals surface area contributed by atoms with Gasteiger partial charge in [-0.2, -0.15) is 0 Å². The lowest BCUT2D eigenvalue weighted by Gasteiger charge is -2.27. The van der Waals surface area contributed by atoms with E-state index in [2.05, 4.69) is 22.9 Å². The summed E-state index contributed by atoms with van der Waals surface area (Å²) in [5, 5.41) is 0. The molecule has 0 amide bonds. The van der Waals surface area contributed by atoms with E-state index < -0.39 is 0 Å². The maximum Gasteiger partial charge on any atom is 0.133 e. The minimum atomic E-state index is 0.381. The second kappa shape index (κ2) is 5.87. The first-order chi connectivity index (χ1) is 8.19. The summed E-state index contributed by atoms with van der Waals surface area (Å²) in [5.74, 6) is 1.81. The second-order valence-electron chi connectivity index (χ2n) is 4.97. The molecule has 1 saturated carbocycles. The van der Waals surface area contributed by atoms with Gasteiger partial charge in [0.15, 0.2) is 0 Å². The van der Waals surface area contributed by atoms with E-state index in [9.17, 15) is 0 Å². The standard InChI is InChI=1S/C14H20BrNO/c1-10-2-5-12(6-3-10)17-14-7-4-11(9-16)8-13(14)15/h4,7-8,10,12H,2-3,5-6,9,16H2,1H3. The first kappa shape index (κ1) is 12.9. The Kier molecular flexibility index (Phi) is 4.46. The predicted octanol–water partition coefficient (Wildman–Crippen LogP) is 3.87. The van der Waals surface area contributed by atoms with Crippen LogP contribution in [0.4, 0.5) is 0 Å². The van der Waals surface area contributed by atoms with Crippen molar-refractivity contribution >= 4 is 15.9 Å². The molecule has 3 heteroatoms. The molecule has 0 unspecified atom stereocenters. The highest BCUT2D eigenvalue weighted by Crippen LogP contribution is 2.31. The Morgan fingerprint density at radius 2 is 2.00 bits per heavy atom. The Hall–Kier alpha value is -0.540. The molecule has 0 bridgehead atoms. The van der Waals surface area contributed by atoms with Crippen LogP contribution in [0.5, 0.6) is 5.75 Å². The minimum absolute atomic E-state index is 0.381. The van der Waals surface area contributed by atoms with E-state index in [0.29, 0.717) is 12.6 Å². The number of nitrogens with two attached hydrogens (primary N) is 1. The molecule has 0 aromatic heterocycles. The third-order valence-electron chi connectivity index (χ3n) is 3.49. The normalized spacial score (nSPS) is 24.6. The van der Waals surface area contributed by atoms with Gasteiger partial charge in [0.25, 0.3) is 0 Å². The van der Waals surface area contributed by atoms with Crippen LogP contribution in [0.25, 0.3) is 0 Å². The Labute approximate surface area is 112 Å². The summed E-state index contributed by atoms with van der Waals surface area (Å²) in [6.45, 7) is 2.89. The van der Waals surface area contributed by atoms with Crippen LogP contribution in [0.15, 0.2) is 22.7 Å². The van der Waals surface area contributed by atoms with Crippen molar-refractivity contribution in [3.05, 3.63) is 28.2 Å². The van der Waals surface area contributed by atoms with Crippen LogP contribution in [0.2, 0.25) is 0 Å². The zero-order valence-electron chi connectivity index (χ0n) is 10.3. The maximum atomic E-state index is 6.05. The summed E-state index contributed by atoms with van der Waals surface area (Å²) >= 11 is 3.55. The van der Waals surface area contributed by atoms with Crippen molar-refractivity contribution in [2.75, 3.05) is 0 Å². The van der Waals surface area contributed by atoms with Crippen molar-refractivity contribution in [3.63, 3.8) is 0 Å². The molecular formula is C14H20BrNO. The summed E-state index contributed by atoms with van der Waals surface area (Å²) in [7, 11) is 0. The molecule has 0 saturated heterocycles. The highest BCUT2D eigenvalue weighted by atomic mass is 79.9. The molecule has 94 valence electrons. The lowest BCUT2D eigenvalue weighted by atomic mass is 9.89. The average molecular weight is 298 g/mol. The van der Waals surface area contributed by atoms with Crippen LogP contribution < -0.4 is 10.5 Å². The van der Waals surface area contributed by atoms with Crippen molar-refractivity contribution in [1.82, 2.24) is 0 Å². The highest BCUT2D eigenvalue weighted by molar-refractivity contribution is 9.10. The van der Waals surface area contributed by atoms with Gasteiger partial charge in [0.2, 0.25) is 0 Å². The SMILES string of the molecule is CC1CCC(Oc2ccc(CN)cc2Br)CC1. The fraction of sp³-hybridized carbons (Fsp3) is 0.571. The molecule has 1 aromatic carbocycles. The van der Waals surface area contributed by atoms with Crippen molar-refractivity contribution in [2.24, 2.45) is 11.7 Å². The number of benzene rings is 1. The fourth-order valence-corrected chi connectivity index (χ4v) is 2.81. The fourth-order valence-electron chi connectivity index (χ4n) is 2.29. The van der Waals surface area contributed by atoms with Crippen molar-refractivity contribution in [1.29, 1.82) is 0 Å². The summed E-state index contributed by atoms with van der Waals surface area (Å²) in [6.07, 6.45) is 5.29. The molecule has 1 fully saturated rings. The number of hydrogen-bond acceptors (Lipinski definition) is 2. The largest absolute Gasteiger partial charge is 0.489 e. The van der Waals surface area contributed by atoms with Gasteiger partial charge in [-0.3, -0.25) is 0 Å². The summed E-state index contributed by atoms with van der Waals surface area (Å²) < 4.78 is 7.06.